The van der Waals surface area contributed by atoms with Gasteiger partial charge in [0.15, 0.2) is 0 Å². The second-order valence-electron chi connectivity index (χ2n) is 4.91. The second-order valence-corrected chi connectivity index (χ2v) is 4.91. The molecule has 1 amide bonds. The number of hydrogen-bond donors (Lipinski definition) is 4. The summed E-state index contributed by atoms with van der Waals surface area (Å²) in [6, 6.07) is 0. The van der Waals surface area contributed by atoms with Gasteiger partial charge in [-0.05, 0) is 12.8 Å². The van der Waals surface area contributed by atoms with Gasteiger partial charge in [-0.3, -0.25) is 14.7 Å². The summed E-state index contributed by atoms with van der Waals surface area (Å²) in [7, 11) is 0. The molecule has 5 N–H and O–H groups in total. The van der Waals surface area contributed by atoms with Gasteiger partial charge in [-0.1, -0.05) is 19.3 Å². The molecule has 0 aliphatic heterocycles. The SMILES string of the molecule is Nc1n[nH]c(C(=O)NC2(CC(=O)O)CCCCC2)n1. The molecule has 0 bridgehead atoms. The number of carbonyl (C=O) groups excluding carboxylic acids is 1. The molecule has 0 saturated heterocycles. The Morgan fingerprint density at radius 3 is 2.58 bits per heavy atom. The Morgan fingerprint density at radius 2 is 2.05 bits per heavy atom. The van der Waals surface area contributed by atoms with Crippen LogP contribution in [0.4, 0.5) is 5.95 Å². The van der Waals surface area contributed by atoms with E-state index in [-0.39, 0.29) is 18.2 Å². The normalized spacial score (nSPS) is 17.9. The van der Waals surface area contributed by atoms with E-state index in [1.807, 2.05) is 0 Å². The van der Waals surface area contributed by atoms with Crippen LogP contribution in [-0.2, 0) is 4.79 Å². The quantitative estimate of drug-likeness (QED) is 0.619. The average molecular weight is 267 g/mol. The first-order valence-electron chi connectivity index (χ1n) is 6.23. The fourth-order valence-corrected chi connectivity index (χ4v) is 2.54. The van der Waals surface area contributed by atoms with Gasteiger partial charge in [0, 0.05) is 0 Å². The van der Waals surface area contributed by atoms with Crippen molar-refractivity contribution in [3.63, 3.8) is 0 Å². The molecule has 1 aromatic heterocycles. The monoisotopic (exact) mass is 267 g/mol. The van der Waals surface area contributed by atoms with Crippen molar-refractivity contribution < 1.29 is 14.7 Å². The molecule has 19 heavy (non-hydrogen) atoms. The lowest BCUT2D eigenvalue weighted by molar-refractivity contribution is -0.139. The molecule has 1 aromatic rings. The van der Waals surface area contributed by atoms with Gasteiger partial charge in [-0.2, -0.15) is 4.98 Å². The van der Waals surface area contributed by atoms with Crippen LogP contribution in [0, 0.1) is 0 Å². The van der Waals surface area contributed by atoms with Crippen LogP contribution in [0.3, 0.4) is 0 Å². The first-order valence-corrected chi connectivity index (χ1v) is 6.23. The summed E-state index contributed by atoms with van der Waals surface area (Å²) in [4.78, 5) is 26.7. The van der Waals surface area contributed by atoms with Crippen molar-refractivity contribution in [2.45, 2.75) is 44.1 Å². The predicted octanol–water partition coefficient (Wildman–Crippen LogP) is 0.294. The zero-order valence-electron chi connectivity index (χ0n) is 10.5. The minimum Gasteiger partial charge on any atom is -0.481 e. The van der Waals surface area contributed by atoms with E-state index >= 15 is 0 Å². The van der Waals surface area contributed by atoms with E-state index in [4.69, 9.17) is 10.8 Å². The average Bonchev–Trinajstić information content (AvgIpc) is 2.76. The molecule has 1 aliphatic rings. The topological polar surface area (TPSA) is 134 Å². The van der Waals surface area contributed by atoms with E-state index < -0.39 is 17.4 Å². The Labute approximate surface area is 109 Å². The van der Waals surface area contributed by atoms with E-state index in [1.165, 1.54) is 0 Å². The molecule has 8 nitrogen and oxygen atoms in total. The molecular formula is C11H17N5O3. The van der Waals surface area contributed by atoms with Crippen molar-refractivity contribution >= 4 is 17.8 Å². The number of hydrogen-bond acceptors (Lipinski definition) is 5. The fourth-order valence-electron chi connectivity index (χ4n) is 2.54. The third-order valence-electron chi connectivity index (χ3n) is 3.40. The minimum atomic E-state index is -0.917. The number of amides is 1. The first kappa shape index (κ1) is 13.3. The van der Waals surface area contributed by atoms with E-state index in [1.54, 1.807) is 0 Å². The van der Waals surface area contributed by atoms with Crippen LogP contribution < -0.4 is 11.1 Å². The zero-order valence-corrected chi connectivity index (χ0v) is 10.5. The Bertz CT molecular complexity index is 478. The third-order valence-corrected chi connectivity index (χ3v) is 3.40. The van der Waals surface area contributed by atoms with Gasteiger partial charge >= 0.3 is 5.97 Å². The number of nitrogen functional groups attached to an aromatic ring is 1. The number of carboxylic acid groups (broad SMARTS) is 1. The van der Waals surface area contributed by atoms with Gasteiger partial charge in [-0.15, -0.1) is 5.10 Å². The van der Waals surface area contributed by atoms with E-state index in [0.717, 1.165) is 19.3 Å². The van der Waals surface area contributed by atoms with Gasteiger partial charge < -0.3 is 16.2 Å². The first-order chi connectivity index (χ1) is 9.01. The summed E-state index contributed by atoms with van der Waals surface area (Å²) >= 11 is 0. The van der Waals surface area contributed by atoms with E-state index in [2.05, 4.69) is 20.5 Å². The molecule has 1 saturated carbocycles. The highest BCUT2D eigenvalue weighted by molar-refractivity contribution is 5.91. The molecule has 1 heterocycles. The maximum absolute atomic E-state index is 12.0. The number of nitrogens with one attached hydrogen (secondary N) is 2. The van der Waals surface area contributed by atoms with Gasteiger partial charge in [0.05, 0.1) is 12.0 Å². The molecule has 0 radical (unpaired) electrons. The highest BCUT2D eigenvalue weighted by atomic mass is 16.4. The summed E-state index contributed by atoms with van der Waals surface area (Å²) in [6.07, 6.45) is 4.12. The highest BCUT2D eigenvalue weighted by Gasteiger charge is 2.36. The van der Waals surface area contributed by atoms with Crippen molar-refractivity contribution in [2.24, 2.45) is 0 Å². The summed E-state index contributed by atoms with van der Waals surface area (Å²) in [5.41, 5.74) is 4.64. The standard InChI is InChI=1S/C11H17N5O3/c12-10-13-8(15-16-10)9(19)14-11(6-7(17)18)4-2-1-3-5-11/h1-6H2,(H,14,19)(H,17,18)(H3,12,13,15,16). The maximum Gasteiger partial charge on any atom is 0.305 e. The molecule has 0 spiro atoms. The van der Waals surface area contributed by atoms with Crippen LogP contribution in [0.25, 0.3) is 0 Å². The number of carboxylic acids is 1. The van der Waals surface area contributed by atoms with Crippen LogP contribution in [0.2, 0.25) is 0 Å². The Hall–Kier alpha value is -2.12. The molecular weight excluding hydrogens is 250 g/mol. The molecule has 0 unspecified atom stereocenters. The van der Waals surface area contributed by atoms with Crippen LogP contribution >= 0.6 is 0 Å². The van der Waals surface area contributed by atoms with Gasteiger partial charge in [0.25, 0.3) is 5.91 Å². The van der Waals surface area contributed by atoms with Gasteiger partial charge in [0.1, 0.15) is 0 Å². The van der Waals surface area contributed by atoms with Crippen molar-refractivity contribution in [1.29, 1.82) is 0 Å². The largest absolute Gasteiger partial charge is 0.481 e. The lowest BCUT2D eigenvalue weighted by Crippen LogP contribution is -2.51. The van der Waals surface area contributed by atoms with Crippen LogP contribution in [0.5, 0.6) is 0 Å². The number of H-pyrrole nitrogens is 1. The molecule has 1 aliphatic carbocycles. The summed E-state index contributed by atoms with van der Waals surface area (Å²) < 4.78 is 0. The molecule has 104 valence electrons. The number of aromatic amines is 1. The third kappa shape index (κ3) is 3.21. The van der Waals surface area contributed by atoms with Crippen molar-refractivity contribution in [3.8, 4) is 0 Å². The van der Waals surface area contributed by atoms with Crippen molar-refractivity contribution in [3.05, 3.63) is 5.82 Å². The van der Waals surface area contributed by atoms with E-state index in [0.29, 0.717) is 12.8 Å². The fraction of sp³-hybridized carbons (Fsp3) is 0.636. The number of aliphatic carboxylic acids is 1. The Morgan fingerprint density at radius 1 is 1.37 bits per heavy atom. The lowest BCUT2D eigenvalue weighted by Gasteiger charge is -2.36. The second kappa shape index (κ2) is 5.25. The minimum absolute atomic E-state index is 0.00726. The zero-order chi connectivity index (χ0) is 13.9. The summed E-state index contributed by atoms with van der Waals surface area (Å²) in [5.74, 6) is -1.39. The van der Waals surface area contributed by atoms with E-state index in [9.17, 15) is 9.59 Å². The number of rotatable bonds is 4. The lowest BCUT2D eigenvalue weighted by atomic mass is 9.79. The Kier molecular flexibility index (Phi) is 3.68. The Balaban J connectivity index is 2.11. The van der Waals surface area contributed by atoms with Crippen molar-refractivity contribution in [1.82, 2.24) is 20.5 Å². The molecule has 0 aromatic carbocycles. The predicted molar refractivity (Wildman–Crippen MR) is 66.3 cm³/mol. The van der Waals surface area contributed by atoms with Gasteiger partial charge in [0.2, 0.25) is 11.8 Å². The number of nitrogens with zero attached hydrogens (tertiary/aromatic N) is 2. The number of aromatic nitrogens is 3. The van der Waals surface area contributed by atoms with Crippen molar-refractivity contribution in [2.75, 3.05) is 5.73 Å². The number of anilines is 1. The molecule has 1 fully saturated rings. The van der Waals surface area contributed by atoms with Crippen LogP contribution in [0.15, 0.2) is 0 Å². The maximum atomic E-state index is 12.0. The highest BCUT2D eigenvalue weighted by Crippen LogP contribution is 2.31. The van der Waals surface area contributed by atoms with Crippen LogP contribution in [0.1, 0.15) is 49.1 Å². The molecule has 8 heteroatoms. The molecule has 2 rings (SSSR count). The summed E-state index contributed by atoms with van der Waals surface area (Å²) in [6.45, 7) is 0. The summed E-state index contributed by atoms with van der Waals surface area (Å²) in [5, 5.41) is 17.8. The van der Waals surface area contributed by atoms with Crippen LogP contribution in [-0.4, -0.2) is 37.7 Å². The smallest absolute Gasteiger partial charge is 0.305 e. The number of nitrogens with two attached hydrogens (primary N) is 1. The number of carbonyl (C=O) groups is 2. The van der Waals surface area contributed by atoms with Gasteiger partial charge in [-0.25, -0.2) is 0 Å². The molecule has 0 atom stereocenters.